The Morgan fingerprint density at radius 1 is 1.07 bits per heavy atom. The van der Waals surface area contributed by atoms with Crippen molar-refractivity contribution in [1.82, 2.24) is 0 Å². The average Bonchev–Trinajstić information content (AvgIpc) is 3.42. The van der Waals surface area contributed by atoms with E-state index in [2.05, 4.69) is 19.6 Å². The van der Waals surface area contributed by atoms with Crippen LogP contribution in [0.1, 0.15) is 17.2 Å². The van der Waals surface area contributed by atoms with Crippen LogP contribution in [0.5, 0.6) is 0 Å². The summed E-state index contributed by atoms with van der Waals surface area (Å²) in [6.45, 7) is 6.28. The summed E-state index contributed by atoms with van der Waals surface area (Å²) in [7, 11) is -0.597. The Morgan fingerprint density at radius 2 is 1.68 bits per heavy atom. The van der Waals surface area contributed by atoms with Crippen molar-refractivity contribution in [1.29, 1.82) is 0 Å². The molecule has 1 aliphatic carbocycles. The van der Waals surface area contributed by atoms with Crippen molar-refractivity contribution in [2.75, 3.05) is 7.11 Å². The van der Waals surface area contributed by atoms with Crippen LogP contribution in [0.2, 0.25) is 19.6 Å². The fraction of sp³-hybridized carbons (Fsp3) is 0.286. The largest absolute Gasteiger partial charge is 0.468 e. The van der Waals surface area contributed by atoms with Gasteiger partial charge in [0.1, 0.15) is 5.41 Å². The van der Waals surface area contributed by atoms with Gasteiger partial charge in [-0.25, -0.2) is 0 Å². The Kier molecular flexibility index (Phi) is 5.23. The molecular formula is C21H23NO5Si. The van der Waals surface area contributed by atoms with Gasteiger partial charge in [0.2, 0.25) is 0 Å². The van der Waals surface area contributed by atoms with Gasteiger partial charge in [0.25, 0.3) is 5.69 Å². The minimum Gasteiger partial charge on any atom is -0.468 e. The number of rotatable bonds is 7. The standard InChI is InChI=1S/C21H23NO5Si/c1-26-20(23)21(16-10-12-17(13-11-16)22(24)25)14-18(21)19(27-28(2,3)4)15-8-6-5-7-9-15/h5-14,19H,1-4H3. The summed E-state index contributed by atoms with van der Waals surface area (Å²) in [6, 6.07) is 15.8. The summed E-state index contributed by atoms with van der Waals surface area (Å²) in [6.07, 6.45) is 1.47. The maximum atomic E-state index is 12.8. The number of nitrogens with zero attached hydrogens (tertiary/aromatic N) is 1. The van der Waals surface area contributed by atoms with Gasteiger partial charge >= 0.3 is 5.97 Å². The van der Waals surface area contributed by atoms with Crippen LogP contribution in [0, 0.1) is 10.1 Å². The molecule has 0 fully saturated rings. The molecule has 0 spiro atoms. The maximum absolute atomic E-state index is 12.8. The van der Waals surface area contributed by atoms with Crippen molar-refractivity contribution in [3.05, 3.63) is 87.5 Å². The van der Waals surface area contributed by atoms with Crippen LogP contribution in [0.15, 0.2) is 66.2 Å². The Balaban J connectivity index is 2.02. The van der Waals surface area contributed by atoms with E-state index in [-0.39, 0.29) is 11.8 Å². The van der Waals surface area contributed by atoms with Gasteiger partial charge in [0, 0.05) is 12.1 Å². The Bertz CT molecular complexity index is 918. The molecule has 2 aromatic rings. The van der Waals surface area contributed by atoms with Crippen LogP contribution in [0.3, 0.4) is 0 Å². The van der Waals surface area contributed by atoms with Gasteiger partial charge in [0.15, 0.2) is 8.32 Å². The van der Waals surface area contributed by atoms with Crippen LogP contribution in [-0.4, -0.2) is 26.3 Å². The molecule has 0 amide bonds. The number of nitro groups is 1. The predicted octanol–water partition coefficient (Wildman–Crippen LogP) is 4.54. The van der Waals surface area contributed by atoms with Gasteiger partial charge in [0.05, 0.1) is 18.1 Å². The molecule has 0 heterocycles. The van der Waals surface area contributed by atoms with Crippen molar-refractivity contribution < 1.29 is 18.9 Å². The lowest BCUT2D eigenvalue weighted by molar-refractivity contribution is -0.384. The van der Waals surface area contributed by atoms with Gasteiger partial charge in [-0.3, -0.25) is 14.9 Å². The molecule has 2 unspecified atom stereocenters. The number of nitro benzene ring substituents is 1. The second-order valence-electron chi connectivity index (χ2n) is 7.72. The van der Waals surface area contributed by atoms with Crippen molar-refractivity contribution in [3.8, 4) is 0 Å². The Labute approximate surface area is 165 Å². The van der Waals surface area contributed by atoms with Crippen LogP contribution in [0.4, 0.5) is 5.69 Å². The number of hydrogen-bond acceptors (Lipinski definition) is 5. The van der Waals surface area contributed by atoms with Crippen molar-refractivity contribution in [2.45, 2.75) is 31.2 Å². The fourth-order valence-electron chi connectivity index (χ4n) is 3.32. The second kappa shape index (κ2) is 7.33. The highest BCUT2D eigenvalue weighted by Crippen LogP contribution is 2.55. The van der Waals surface area contributed by atoms with Crippen LogP contribution in [0.25, 0.3) is 0 Å². The van der Waals surface area contributed by atoms with Crippen LogP contribution >= 0.6 is 0 Å². The number of carbonyl (C=O) groups is 1. The monoisotopic (exact) mass is 397 g/mol. The smallest absolute Gasteiger partial charge is 0.324 e. The number of hydrogen-bond donors (Lipinski definition) is 0. The Hall–Kier alpha value is -2.77. The summed E-state index contributed by atoms with van der Waals surface area (Å²) in [5.41, 5.74) is 1.33. The maximum Gasteiger partial charge on any atom is 0.324 e. The molecule has 3 rings (SSSR count). The number of esters is 1. The van der Waals surface area contributed by atoms with E-state index in [1.54, 1.807) is 12.1 Å². The van der Waals surface area contributed by atoms with Gasteiger partial charge in [-0.15, -0.1) is 0 Å². The van der Waals surface area contributed by atoms with E-state index in [1.165, 1.54) is 19.2 Å². The predicted molar refractivity (Wildman–Crippen MR) is 108 cm³/mol. The molecule has 0 N–H and O–H groups in total. The molecule has 0 aromatic heterocycles. The molecular weight excluding hydrogens is 374 g/mol. The molecule has 28 heavy (non-hydrogen) atoms. The SMILES string of the molecule is COC(=O)C1(c2ccc([N+](=O)[O-])cc2)C=C1C(O[Si](C)(C)C)c1ccccc1. The molecule has 1 aliphatic rings. The number of carbonyl (C=O) groups excluding carboxylic acids is 1. The van der Waals surface area contributed by atoms with E-state index in [0.29, 0.717) is 5.56 Å². The minimum absolute atomic E-state index is 0.0241. The van der Waals surface area contributed by atoms with E-state index < -0.39 is 24.6 Å². The first-order valence-corrected chi connectivity index (χ1v) is 12.4. The van der Waals surface area contributed by atoms with Gasteiger partial charge in [-0.2, -0.15) is 0 Å². The van der Waals surface area contributed by atoms with Crippen LogP contribution in [-0.2, 0) is 19.4 Å². The average molecular weight is 398 g/mol. The topological polar surface area (TPSA) is 78.7 Å². The van der Waals surface area contributed by atoms with Gasteiger partial charge in [-0.05, 0) is 36.3 Å². The molecule has 0 bridgehead atoms. The quantitative estimate of drug-likeness (QED) is 0.225. The zero-order valence-electron chi connectivity index (χ0n) is 16.3. The van der Waals surface area contributed by atoms with E-state index in [4.69, 9.17) is 9.16 Å². The highest BCUT2D eigenvalue weighted by Gasteiger charge is 2.57. The van der Waals surface area contributed by atoms with Crippen molar-refractivity contribution >= 4 is 20.0 Å². The zero-order valence-corrected chi connectivity index (χ0v) is 17.3. The lowest BCUT2D eigenvalue weighted by Gasteiger charge is -2.28. The van der Waals surface area contributed by atoms with E-state index >= 15 is 0 Å². The highest BCUT2D eigenvalue weighted by atomic mass is 28.4. The third kappa shape index (κ3) is 3.76. The molecule has 0 saturated heterocycles. The number of benzene rings is 2. The Morgan fingerprint density at radius 3 is 2.18 bits per heavy atom. The number of methoxy groups -OCH3 is 1. The van der Waals surface area contributed by atoms with Gasteiger partial charge < -0.3 is 9.16 Å². The molecule has 0 radical (unpaired) electrons. The molecule has 7 heteroatoms. The lowest BCUT2D eigenvalue weighted by Crippen LogP contribution is -2.32. The fourth-order valence-corrected chi connectivity index (χ4v) is 4.29. The highest BCUT2D eigenvalue weighted by molar-refractivity contribution is 6.69. The normalized spacial score (nSPS) is 19.5. The summed E-state index contributed by atoms with van der Waals surface area (Å²) < 4.78 is 11.5. The third-order valence-electron chi connectivity index (χ3n) is 4.64. The molecule has 0 saturated carbocycles. The number of non-ortho nitro benzene ring substituents is 1. The first-order chi connectivity index (χ1) is 13.2. The molecule has 2 aromatic carbocycles. The van der Waals surface area contributed by atoms with Crippen molar-refractivity contribution in [2.24, 2.45) is 0 Å². The summed E-state index contributed by atoms with van der Waals surface area (Å²) in [4.78, 5) is 23.3. The zero-order chi connectivity index (χ0) is 20.5. The first kappa shape index (κ1) is 20.0. The third-order valence-corrected chi connectivity index (χ3v) is 5.58. The molecule has 2 atom stereocenters. The van der Waals surface area contributed by atoms with E-state index in [0.717, 1.165) is 11.1 Å². The first-order valence-electron chi connectivity index (χ1n) is 8.98. The second-order valence-corrected chi connectivity index (χ2v) is 12.2. The summed E-state index contributed by atoms with van der Waals surface area (Å²) in [5, 5.41) is 11.0. The van der Waals surface area contributed by atoms with E-state index in [1.807, 2.05) is 36.4 Å². The molecule has 146 valence electrons. The molecule has 0 aliphatic heterocycles. The molecule has 6 nitrogen and oxygen atoms in total. The summed E-state index contributed by atoms with van der Waals surface area (Å²) >= 11 is 0. The number of ether oxygens (including phenoxy) is 1. The van der Waals surface area contributed by atoms with Crippen LogP contribution < -0.4 is 0 Å². The van der Waals surface area contributed by atoms with Gasteiger partial charge in [-0.1, -0.05) is 48.5 Å². The van der Waals surface area contributed by atoms with Crippen molar-refractivity contribution in [3.63, 3.8) is 0 Å². The summed E-state index contributed by atoms with van der Waals surface area (Å²) in [5.74, 6) is -0.420. The lowest BCUT2D eigenvalue weighted by atomic mass is 9.87. The van der Waals surface area contributed by atoms with E-state index in [9.17, 15) is 14.9 Å². The minimum atomic E-state index is -1.94.